The number of ether oxygens (including phenoxy) is 1. The highest BCUT2D eigenvalue weighted by Crippen LogP contribution is 2.33. The first-order chi connectivity index (χ1) is 14.0. The highest BCUT2D eigenvalue weighted by atomic mass is 19.1. The lowest BCUT2D eigenvalue weighted by Crippen LogP contribution is -2.54. The molecule has 1 aliphatic heterocycles. The maximum Gasteiger partial charge on any atom is 0.251 e. The molecule has 0 aromatic heterocycles. The van der Waals surface area contributed by atoms with Crippen molar-refractivity contribution in [3.63, 3.8) is 0 Å². The zero-order valence-electron chi connectivity index (χ0n) is 16.7. The summed E-state index contributed by atoms with van der Waals surface area (Å²) in [6.45, 7) is 1.90. The van der Waals surface area contributed by atoms with Gasteiger partial charge in [-0.15, -0.1) is 0 Å². The van der Waals surface area contributed by atoms with E-state index >= 15 is 0 Å². The van der Waals surface area contributed by atoms with E-state index in [4.69, 9.17) is 4.74 Å². The molecule has 3 amide bonds. The molecule has 1 aromatic carbocycles. The van der Waals surface area contributed by atoms with Crippen LogP contribution in [0.1, 0.15) is 36.0 Å². The second-order valence-corrected chi connectivity index (χ2v) is 7.68. The Kier molecular flexibility index (Phi) is 7.19. The summed E-state index contributed by atoms with van der Waals surface area (Å²) in [6, 6.07) is 4.49. The number of methoxy groups -OCH3 is 1. The molecule has 158 valence electrons. The number of hydrogen-bond acceptors (Lipinski definition) is 4. The van der Waals surface area contributed by atoms with Crippen molar-refractivity contribution in [2.75, 3.05) is 33.4 Å². The summed E-state index contributed by atoms with van der Waals surface area (Å²) < 4.78 is 18.1. The maximum absolute atomic E-state index is 13.1. The fourth-order valence-corrected chi connectivity index (χ4v) is 3.65. The van der Waals surface area contributed by atoms with Crippen LogP contribution in [-0.4, -0.2) is 62.0 Å². The van der Waals surface area contributed by atoms with Gasteiger partial charge in [-0.2, -0.15) is 0 Å². The van der Waals surface area contributed by atoms with Crippen LogP contribution in [-0.2, 0) is 14.3 Å². The summed E-state index contributed by atoms with van der Waals surface area (Å²) in [4.78, 5) is 39.5. The summed E-state index contributed by atoms with van der Waals surface area (Å²) in [5.41, 5.74) is 0.294. The van der Waals surface area contributed by atoms with E-state index < -0.39 is 17.8 Å². The van der Waals surface area contributed by atoms with E-state index in [-0.39, 0.29) is 23.7 Å². The SMILES string of the molecule is COCCNC(=O)C(NC(=O)c1ccc(F)cc1)C1CCN(C(=O)C2CC2)CC1. The van der Waals surface area contributed by atoms with Gasteiger partial charge in [-0.3, -0.25) is 14.4 Å². The van der Waals surface area contributed by atoms with Gasteiger partial charge in [0, 0.05) is 38.2 Å². The highest BCUT2D eigenvalue weighted by Gasteiger charge is 2.38. The molecule has 29 heavy (non-hydrogen) atoms. The molecule has 1 heterocycles. The molecule has 1 atom stereocenters. The Hall–Kier alpha value is -2.48. The predicted molar refractivity (Wildman–Crippen MR) is 105 cm³/mol. The number of benzene rings is 1. The number of amides is 3. The standard InChI is InChI=1S/C21H28FN3O4/c1-29-13-10-23-20(27)18(24-19(26)15-4-6-17(22)7-5-15)14-8-11-25(12-9-14)21(28)16-2-3-16/h4-7,14,16,18H,2-3,8-13H2,1H3,(H,23,27)(H,24,26). The molecular formula is C21H28FN3O4. The lowest BCUT2D eigenvalue weighted by molar-refractivity contribution is -0.134. The Morgan fingerprint density at radius 3 is 2.38 bits per heavy atom. The molecule has 3 rings (SSSR count). The molecule has 1 aliphatic carbocycles. The first-order valence-corrected chi connectivity index (χ1v) is 10.1. The van der Waals surface area contributed by atoms with Crippen LogP contribution in [0.2, 0.25) is 0 Å². The molecule has 7 nitrogen and oxygen atoms in total. The zero-order valence-corrected chi connectivity index (χ0v) is 16.7. The maximum atomic E-state index is 13.1. The molecule has 2 N–H and O–H groups in total. The molecule has 1 saturated heterocycles. The van der Waals surface area contributed by atoms with Crippen molar-refractivity contribution < 1.29 is 23.5 Å². The first-order valence-electron chi connectivity index (χ1n) is 10.1. The van der Waals surface area contributed by atoms with E-state index in [0.29, 0.717) is 44.6 Å². The number of halogens is 1. The number of carbonyl (C=O) groups excluding carboxylic acids is 3. The van der Waals surface area contributed by atoms with Crippen LogP contribution in [0.3, 0.4) is 0 Å². The summed E-state index contributed by atoms with van der Waals surface area (Å²) in [7, 11) is 1.55. The van der Waals surface area contributed by atoms with Gasteiger partial charge in [-0.25, -0.2) is 4.39 Å². The topological polar surface area (TPSA) is 87.7 Å². The van der Waals surface area contributed by atoms with Gasteiger partial charge in [-0.1, -0.05) is 0 Å². The Labute approximate surface area is 170 Å². The second-order valence-electron chi connectivity index (χ2n) is 7.68. The molecule has 1 unspecified atom stereocenters. The molecule has 0 bridgehead atoms. The van der Waals surface area contributed by atoms with Gasteiger partial charge in [0.05, 0.1) is 6.61 Å². The molecule has 2 fully saturated rings. The van der Waals surface area contributed by atoms with E-state index in [1.807, 2.05) is 4.90 Å². The average Bonchev–Trinajstić information content (AvgIpc) is 3.57. The summed E-state index contributed by atoms with van der Waals surface area (Å²) >= 11 is 0. The van der Waals surface area contributed by atoms with Crippen molar-refractivity contribution in [2.24, 2.45) is 11.8 Å². The minimum atomic E-state index is -0.720. The molecule has 0 radical (unpaired) electrons. The minimum absolute atomic E-state index is 0.0785. The van der Waals surface area contributed by atoms with Gasteiger partial charge in [0.15, 0.2) is 0 Å². The Bertz CT molecular complexity index is 728. The van der Waals surface area contributed by atoms with Crippen LogP contribution in [0.25, 0.3) is 0 Å². The predicted octanol–water partition coefficient (Wildman–Crippen LogP) is 1.34. The highest BCUT2D eigenvalue weighted by molar-refractivity contribution is 5.97. The molecule has 2 aliphatic rings. The van der Waals surface area contributed by atoms with Gasteiger partial charge < -0.3 is 20.3 Å². The Morgan fingerprint density at radius 1 is 1.14 bits per heavy atom. The van der Waals surface area contributed by atoms with Crippen LogP contribution in [0.4, 0.5) is 4.39 Å². The third-order valence-corrected chi connectivity index (χ3v) is 5.53. The number of likely N-dealkylation sites (tertiary alicyclic amines) is 1. The Balaban J connectivity index is 1.64. The third-order valence-electron chi connectivity index (χ3n) is 5.53. The molecule has 1 saturated carbocycles. The normalized spacial score (nSPS) is 18.2. The fourth-order valence-electron chi connectivity index (χ4n) is 3.65. The zero-order chi connectivity index (χ0) is 20.8. The first kappa shape index (κ1) is 21.2. The van der Waals surface area contributed by atoms with E-state index in [2.05, 4.69) is 10.6 Å². The monoisotopic (exact) mass is 405 g/mol. The number of rotatable bonds is 8. The van der Waals surface area contributed by atoms with Gasteiger partial charge in [0.1, 0.15) is 11.9 Å². The van der Waals surface area contributed by atoms with Gasteiger partial charge >= 0.3 is 0 Å². The van der Waals surface area contributed by atoms with Crippen LogP contribution in [0.15, 0.2) is 24.3 Å². The lowest BCUT2D eigenvalue weighted by Gasteiger charge is -2.36. The average molecular weight is 405 g/mol. The van der Waals surface area contributed by atoms with E-state index in [0.717, 1.165) is 12.8 Å². The number of nitrogens with zero attached hydrogens (tertiary/aromatic N) is 1. The van der Waals surface area contributed by atoms with Gasteiger partial charge in [0.2, 0.25) is 11.8 Å². The van der Waals surface area contributed by atoms with Gasteiger partial charge in [0.25, 0.3) is 5.91 Å². The molecule has 1 aromatic rings. The van der Waals surface area contributed by atoms with Crippen molar-refractivity contribution in [3.8, 4) is 0 Å². The second kappa shape index (κ2) is 9.82. The van der Waals surface area contributed by atoms with E-state index in [1.165, 1.54) is 24.3 Å². The number of piperidine rings is 1. The van der Waals surface area contributed by atoms with Crippen molar-refractivity contribution in [3.05, 3.63) is 35.6 Å². The third kappa shape index (κ3) is 5.76. The van der Waals surface area contributed by atoms with Crippen molar-refractivity contribution in [1.29, 1.82) is 0 Å². The molecule has 8 heteroatoms. The summed E-state index contributed by atoms with van der Waals surface area (Å²) in [5.74, 6) is -0.816. The molecular weight excluding hydrogens is 377 g/mol. The molecule has 0 spiro atoms. The number of hydrogen-bond donors (Lipinski definition) is 2. The van der Waals surface area contributed by atoms with Crippen LogP contribution < -0.4 is 10.6 Å². The smallest absolute Gasteiger partial charge is 0.251 e. The van der Waals surface area contributed by atoms with E-state index in [1.54, 1.807) is 7.11 Å². The van der Waals surface area contributed by atoms with Crippen molar-refractivity contribution in [2.45, 2.75) is 31.7 Å². The number of nitrogens with one attached hydrogen (secondary N) is 2. The van der Waals surface area contributed by atoms with Crippen molar-refractivity contribution in [1.82, 2.24) is 15.5 Å². The van der Waals surface area contributed by atoms with Crippen LogP contribution >= 0.6 is 0 Å². The fraction of sp³-hybridized carbons (Fsp3) is 0.571. The van der Waals surface area contributed by atoms with Crippen molar-refractivity contribution >= 4 is 17.7 Å². The van der Waals surface area contributed by atoms with E-state index in [9.17, 15) is 18.8 Å². The van der Waals surface area contributed by atoms with Gasteiger partial charge in [-0.05, 0) is 55.9 Å². The lowest BCUT2D eigenvalue weighted by atomic mass is 9.88. The summed E-state index contributed by atoms with van der Waals surface area (Å²) in [5, 5.41) is 5.60. The largest absolute Gasteiger partial charge is 0.383 e. The van der Waals surface area contributed by atoms with Crippen LogP contribution in [0.5, 0.6) is 0 Å². The minimum Gasteiger partial charge on any atom is -0.383 e. The number of carbonyl (C=O) groups is 3. The quantitative estimate of drug-likeness (QED) is 0.639. The summed E-state index contributed by atoms with van der Waals surface area (Å²) in [6.07, 6.45) is 3.23. The van der Waals surface area contributed by atoms with Crippen LogP contribution in [0, 0.1) is 17.7 Å². The Morgan fingerprint density at radius 2 is 1.79 bits per heavy atom.